The van der Waals surface area contributed by atoms with Gasteiger partial charge in [0.2, 0.25) is 0 Å². The van der Waals surface area contributed by atoms with Gasteiger partial charge in [0.05, 0.1) is 37.6 Å². The number of hydrogen-bond donors (Lipinski definition) is 3. The molecule has 1 aromatic rings. The summed E-state index contributed by atoms with van der Waals surface area (Å²) in [7, 11) is 8.06. The van der Waals surface area contributed by atoms with E-state index in [2.05, 4.69) is 11.8 Å². The van der Waals surface area contributed by atoms with E-state index in [-0.39, 0.29) is 30.9 Å². The second kappa shape index (κ2) is 11.6. The maximum atomic E-state index is 13.9. The van der Waals surface area contributed by atoms with Gasteiger partial charge in [0, 0.05) is 82.6 Å². The minimum atomic E-state index is -1.74. The lowest BCUT2D eigenvalue weighted by atomic mass is 9.42. The number of esters is 1. The molecule has 6 fully saturated rings. The molecule has 1 spiro atoms. The van der Waals surface area contributed by atoms with Gasteiger partial charge in [-0.2, -0.15) is 0 Å². The summed E-state index contributed by atoms with van der Waals surface area (Å²) in [4.78, 5) is 16.3. The SMILES string of the molecule is CCO[C@]12[C@H]3[C@@H](OC(=O)c4ccc(OC)cc4)[C@@](O)(C[C@H]3[C@@]34C(OC)C[C@@H](O)[C@@]5(COC)CN(CC)[C@@H]3[C@@H]1[C@H](OC)[C@H]54)[C@@H](OC)[C@@H]2O. The predicted molar refractivity (Wildman–Crippen MR) is 167 cm³/mol. The molecule has 3 N–H and O–H groups in total. The molecule has 262 valence electrons. The first kappa shape index (κ1) is 33.6. The molecule has 1 saturated heterocycles. The van der Waals surface area contributed by atoms with Crippen molar-refractivity contribution in [2.75, 3.05) is 61.9 Å². The van der Waals surface area contributed by atoms with Gasteiger partial charge in [-0.3, -0.25) is 4.90 Å². The molecule has 7 rings (SSSR count). The first-order valence-corrected chi connectivity index (χ1v) is 17.0. The Morgan fingerprint density at radius 2 is 1.70 bits per heavy atom. The summed E-state index contributed by atoms with van der Waals surface area (Å²) in [6.45, 7) is 5.81. The standard InChI is InChI=1S/C35H51NO11/c1-8-36-16-32(17-41-3)21(37)14-22(43-5)34-20-15-33(40)29(47-31(39)18-10-12-19(42-4)13-11-18)23(20)35(46-9-2,28(38)30(33)45-7)24(27(34)36)25(44-6)26(32)34/h10-13,20-30,37-38,40H,8-9,14-17H2,1-7H3/t20-,21-,22?,23-,24+,25+,26-,27-,28+,29-,30+,32+,33+,34+,35-/m1/s1. The van der Waals surface area contributed by atoms with Crippen LogP contribution in [0.2, 0.25) is 0 Å². The van der Waals surface area contributed by atoms with Gasteiger partial charge in [-0.25, -0.2) is 4.79 Å². The summed E-state index contributed by atoms with van der Waals surface area (Å²) in [5.74, 6) is -1.71. The van der Waals surface area contributed by atoms with Crippen LogP contribution in [0.25, 0.3) is 0 Å². The summed E-state index contributed by atoms with van der Waals surface area (Å²) >= 11 is 0. The molecule has 15 atom stereocenters. The zero-order chi connectivity index (χ0) is 33.7. The highest BCUT2D eigenvalue weighted by Gasteiger charge is 2.91. The van der Waals surface area contributed by atoms with Crippen LogP contribution in [0.1, 0.15) is 37.0 Å². The Balaban J connectivity index is 1.48. The van der Waals surface area contributed by atoms with Crippen molar-refractivity contribution < 1.29 is 53.3 Å². The number of ether oxygens (including phenoxy) is 7. The summed E-state index contributed by atoms with van der Waals surface area (Å²) < 4.78 is 43.5. The quantitative estimate of drug-likeness (QED) is 0.293. The first-order chi connectivity index (χ1) is 22.6. The van der Waals surface area contributed by atoms with Crippen molar-refractivity contribution in [3.8, 4) is 5.75 Å². The molecule has 5 saturated carbocycles. The van der Waals surface area contributed by atoms with Gasteiger partial charge >= 0.3 is 5.97 Å². The fraction of sp³-hybridized carbons (Fsp3) is 0.800. The van der Waals surface area contributed by atoms with Gasteiger partial charge < -0.3 is 48.5 Å². The molecule has 12 nitrogen and oxygen atoms in total. The van der Waals surface area contributed by atoms with Crippen LogP contribution in [0.4, 0.5) is 0 Å². The molecule has 12 heteroatoms. The van der Waals surface area contributed by atoms with Crippen LogP contribution in [-0.4, -0.2) is 142 Å². The van der Waals surface area contributed by atoms with Gasteiger partial charge in [-0.1, -0.05) is 6.92 Å². The van der Waals surface area contributed by atoms with Crippen LogP contribution in [0.3, 0.4) is 0 Å². The third-order valence-corrected chi connectivity index (χ3v) is 13.6. The lowest BCUT2D eigenvalue weighted by Crippen LogP contribution is -2.81. The number of aliphatic hydroxyl groups excluding tert-OH is 2. The number of methoxy groups -OCH3 is 5. The molecular formula is C35H51NO11. The van der Waals surface area contributed by atoms with E-state index in [1.54, 1.807) is 52.7 Å². The van der Waals surface area contributed by atoms with Crippen molar-refractivity contribution in [2.24, 2.45) is 34.5 Å². The topological polar surface area (TPSA) is 146 Å². The normalized spacial score (nSPS) is 49.2. The van der Waals surface area contributed by atoms with E-state index >= 15 is 0 Å². The third kappa shape index (κ3) is 3.88. The molecule has 0 aromatic heterocycles. The Morgan fingerprint density at radius 3 is 2.28 bits per heavy atom. The van der Waals surface area contributed by atoms with E-state index in [1.807, 2.05) is 6.92 Å². The number of fused-ring (bicyclic) bond motifs is 2. The van der Waals surface area contributed by atoms with Crippen molar-refractivity contribution in [1.29, 1.82) is 0 Å². The van der Waals surface area contributed by atoms with Crippen molar-refractivity contribution in [3.05, 3.63) is 29.8 Å². The number of piperidine rings is 1. The van der Waals surface area contributed by atoms with Gasteiger partial charge in [0.25, 0.3) is 0 Å². The number of benzene rings is 1. The summed E-state index contributed by atoms with van der Waals surface area (Å²) in [5, 5.41) is 37.5. The summed E-state index contributed by atoms with van der Waals surface area (Å²) in [6.07, 6.45) is -4.56. The van der Waals surface area contributed by atoms with Crippen molar-refractivity contribution in [2.45, 2.75) is 80.6 Å². The summed E-state index contributed by atoms with van der Waals surface area (Å²) in [6, 6.07) is 6.45. The van der Waals surface area contributed by atoms with Crippen LogP contribution in [0, 0.1) is 34.5 Å². The van der Waals surface area contributed by atoms with Crippen LogP contribution in [0.15, 0.2) is 24.3 Å². The maximum Gasteiger partial charge on any atom is 0.338 e. The van der Waals surface area contributed by atoms with E-state index < -0.39 is 76.5 Å². The lowest BCUT2D eigenvalue weighted by Gasteiger charge is -2.70. The molecule has 47 heavy (non-hydrogen) atoms. The smallest absolute Gasteiger partial charge is 0.338 e. The number of rotatable bonds is 11. The predicted octanol–water partition coefficient (Wildman–Crippen LogP) is 1.13. The number of carbonyl (C=O) groups excluding carboxylic acids is 1. The molecule has 7 bridgehead atoms. The van der Waals surface area contributed by atoms with E-state index in [9.17, 15) is 20.1 Å². The monoisotopic (exact) mass is 661 g/mol. The minimum Gasteiger partial charge on any atom is -0.497 e. The molecule has 1 aliphatic heterocycles. The van der Waals surface area contributed by atoms with E-state index in [4.69, 9.17) is 33.2 Å². The molecular weight excluding hydrogens is 610 g/mol. The second-order valence-electron chi connectivity index (χ2n) is 14.6. The molecule has 0 radical (unpaired) electrons. The lowest BCUT2D eigenvalue weighted by molar-refractivity contribution is -0.330. The van der Waals surface area contributed by atoms with Crippen LogP contribution < -0.4 is 4.74 Å². The molecule has 1 aromatic carbocycles. The zero-order valence-electron chi connectivity index (χ0n) is 28.5. The minimum absolute atomic E-state index is 0.176. The maximum absolute atomic E-state index is 13.9. The average molecular weight is 662 g/mol. The highest BCUT2D eigenvalue weighted by molar-refractivity contribution is 5.89. The van der Waals surface area contributed by atoms with Gasteiger partial charge in [0.1, 0.15) is 35.3 Å². The van der Waals surface area contributed by atoms with E-state index in [1.165, 1.54) is 7.11 Å². The molecule has 6 aliphatic rings. The zero-order valence-corrected chi connectivity index (χ0v) is 28.5. The van der Waals surface area contributed by atoms with Gasteiger partial charge in [-0.05, 0) is 50.1 Å². The Labute approximate surface area is 276 Å². The molecule has 1 unspecified atom stereocenters. The Kier molecular flexibility index (Phi) is 8.30. The highest BCUT2D eigenvalue weighted by Crippen LogP contribution is 2.80. The second-order valence-corrected chi connectivity index (χ2v) is 14.6. The fourth-order valence-corrected chi connectivity index (χ4v) is 12.5. The fourth-order valence-electron chi connectivity index (χ4n) is 12.5. The number of hydrogen-bond acceptors (Lipinski definition) is 12. The number of nitrogens with zero attached hydrogens (tertiary/aromatic N) is 1. The van der Waals surface area contributed by atoms with E-state index in [0.29, 0.717) is 37.4 Å². The van der Waals surface area contributed by atoms with E-state index in [0.717, 1.165) is 0 Å². The Bertz CT molecular complexity index is 1350. The average Bonchev–Trinajstić information content (AvgIpc) is 3.44. The summed E-state index contributed by atoms with van der Waals surface area (Å²) in [5.41, 5.74) is -4.16. The van der Waals surface area contributed by atoms with Gasteiger partial charge in [-0.15, -0.1) is 0 Å². The van der Waals surface area contributed by atoms with Crippen LogP contribution in [-0.2, 0) is 28.4 Å². The van der Waals surface area contributed by atoms with Crippen LogP contribution in [0.5, 0.6) is 5.75 Å². The third-order valence-electron chi connectivity index (χ3n) is 13.6. The number of aliphatic hydroxyl groups is 3. The largest absolute Gasteiger partial charge is 0.497 e. The molecule has 1 heterocycles. The van der Waals surface area contributed by atoms with Crippen molar-refractivity contribution in [1.82, 2.24) is 4.90 Å². The van der Waals surface area contributed by atoms with Crippen molar-refractivity contribution >= 4 is 5.97 Å². The number of likely N-dealkylation sites (tertiary alicyclic amines) is 1. The highest BCUT2D eigenvalue weighted by atomic mass is 16.6. The van der Waals surface area contributed by atoms with Crippen LogP contribution >= 0.6 is 0 Å². The molecule has 0 amide bonds. The van der Waals surface area contributed by atoms with Crippen molar-refractivity contribution in [3.63, 3.8) is 0 Å². The Hall–Kier alpha value is -1.87. The van der Waals surface area contributed by atoms with Gasteiger partial charge in [0.15, 0.2) is 0 Å². The number of carbonyl (C=O) groups is 1. The Morgan fingerprint density at radius 1 is 0.979 bits per heavy atom. The first-order valence-electron chi connectivity index (χ1n) is 17.0. The molecule has 5 aliphatic carbocycles.